The van der Waals surface area contributed by atoms with Gasteiger partial charge in [-0.25, -0.2) is 9.38 Å². The van der Waals surface area contributed by atoms with Crippen molar-refractivity contribution >= 4 is 64.2 Å². The van der Waals surface area contributed by atoms with Crippen molar-refractivity contribution in [3.63, 3.8) is 0 Å². The van der Waals surface area contributed by atoms with E-state index in [1.54, 1.807) is 41.1 Å². The third-order valence-corrected chi connectivity index (χ3v) is 8.96. The first-order valence-corrected chi connectivity index (χ1v) is 18.5. The Bertz CT molecular complexity index is 1810. The highest BCUT2D eigenvalue weighted by Gasteiger charge is 2.34. The summed E-state index contributed by atoms with van der Waals surface area (Å²) in [5.74, 6) is -4.09. The van der Waals surface area contributed by atoms with Crippen LogP contribution in [-0.2, 0) is 36.8 Å². The van der Waals surface area contributed by atoms with Crippen LogP contribution in [0.4, 0.5) is 15.8 Å². The van der Waals surface area contributed by atoms with Gasteiger partial charge in [-0.15, -0.1) is 0 Å². The number of nitrogens with one attached hydrogen (secondary N) is 3. The van der Waals surface area contributed by atoms with Gasteiger partial charge in [-0.3, -0.25) is 33.9 Å². The summed E-state index contributed by atoms with van der Waals surface area (Å²) < 4.78 is 13.8. The Morgan fingerprint density at radius 3 is 1.89 bits per heavy atom. The number of hydrogen-bond acceptors (Lipinski definition) is 8. The van der Waals surface area contributed by atoms with Gasteiger partial charge >= 0.3 is 0 Å². The van der Waals surface area contributed by atoms with Crippen LogP contribution in [0.15, 0.2) is 75.3 Å². The van der Waals surface area contributed by atoms with E-state index in [0.717, 1.165) is 0 Å². The molecule has 0 bridgehead atoms. The van der Waals surface area contributed by atoms with Crippen molar-refractivity contribution in [2.24, 2.45) is 44.6 Å². The topological polar surface area (TPSA) is 280 Å². The SMILES string of the molecule is CC(=O)N(c1ccsc1)[C@@H](Cc1ccc(F)cc1)C(=O)N[C@@H](Cc1ccc(N=C(N)N)cc1)C(=O)N[C@@H](CC(C)C)C(=O)N[C@@H](CCCN=C(N)N)C(N)=O. The van der Waals surface area contributed by atoms with Crippen LogP contribution >= 0.6 is 11.3 Å². The Kier molecular flexibility index (Phi) is 16.6. The predicted octanol–water partition coefficient (Wildman–Crippen LogP) is 1.04. The Morgan fingerprint density at radius 1 is 0.764 bits per heavy atom. The molecule has 1 heterocycles. The number of aliphatic imine (C=N–C) groups is 2. The van der Waals surface area contributed by atoms with Crippen LogP contribution in [0.3, 0.4) is 0 Å². The van der Waals surface area contributed by atoms with Crippen molar-refractivity contribution in [1.82, 2.24) is 16.0 Å². The lowest BCUT2D eigenvalue weighted by molar-refractivity contribution is -0.134. The summed E-state index contributed by atoms with van der Waals surface area (Å²) in [6.45, 7) is 5.23. The van der Waals surface area contributed by atoms with Gasteiger partial charge in [0, 0.05) is 31.7 Å². The van der Waals surface area contributed by atoms with Crippen molar-refractivity contribution in [3.8, 4) is 0 Å². The van der Waals surface area contributed by atoms with Crippen LogP contribution in [0.5, 0.6) is 0 Å². The Labute approximate surface area is 323 Å². The van der Waals surface area contributed by atoms with Crippen molar-refractivity contribution in [3.05, 3.63) is 82.3 Å². The van der Waals surface area contributed by atoms with E-state index in [1.807, 2.05) is 13.8 Å². The molecule has 296 valence electrons. The summed E-state index contributed by atoms with van der Waals surface area (Å²) in [5, 5.41) is 11.7. The van der Waals surface area contributed by atoms with E-state index in [2.05, 4.69) is 25.9 Å². The van der Waals surface area contributed by atoms with E-state index in [-0.39, 0.29) is 50.1 Å². The number of thiophene rings is 1. The lowest BCUT2D eigenvalue weighted by Crippen LogP contribution is -2.59. The molecule has 55 heavy (non-hydrogen) atoms. The third-order valence-electron chi connectivity index (χ3n) is 8.29. The summed E-state index contributed by atoms with van der Waals surface area (Å²) in [7, 11) is 0. The van der Waals surface area contributed by atoms with Crippen molar-refractivity contribution in [1.29, 1.82) is 0 Å². The Balaban J connectivity index is 1.98. The number of primary amides is 1. The molecule has 0 aliphatic rings. The van der Waals surface area contributed by atoms with E-state index in [1.165, 1.54) is 47.4 Å². The third kappa shape index (κ3) is 14.4. The lowest BCUT2D eigenvalue weighted by Gasteiger charge is -2.31. The highest BCUT2D eigenvalue weighted by atomic mass is 32.1. The minimum Gasteiger partial charge on any atom is -0.370 e. The number of carbonyl (C=O) groups excluding carboxylic acids is 5. The van der Waals surface area contributed by atoms with Crippen molar-refractivity contribution < 1.29 is 28.4 Å². The van der Waals surface area contributed by atoms with Crippen LogP contribution in [0.25, 0.3) is 0 Å². The highest BCUT2D eigenvalue weighted by Crippen LogP contribution is 2.24. The minimum atomic E-state index is -1.28. The summed E-state index contributed by atoms with van der Waals surface area (Å²) in [6, 6.07) is 9.18. The maximum atomic E-state index is 14.4. The number of anilines is 1. The predicted molar refractivity (Wildman–Crippen MR) is 211 cm³/mol. The second-order valence-corrected chi connectivity index (χ2v) is 14.1. The molecule has 2 aromatic carbocycles. The van der Waals surface area contributed by atoms with Gasteiger partial charge in [0.05, 0.1) is 11.4 Å². The lowest BCUT2D eigenvalue weighted by atomic mass is 9.99. The molecule has 5 amide bonds. The molecule has 1 aromatic heterocycles. The molecule has 13 N–H and O–H groups in total. The monoisotopic (exact) mass is 779 g/mol. The molecular formula is C37H50FN11O5S. The first kappa shape index (κ1) is 43.4. The number of guanidine groups is 2. The number of halogens is 1. The fourth-order valence-electron chi connectivity index (χ4n) is 5.73. The van der Waals surface area contributed by atoms with Crippen LogP contribution in [0.2, 0.25) is 0 Å². The van der Waals surface area contributed by atoms with Gasteiger partial charge in [0.25, 0.3) is 0 Å². The van der Waals surface area contributed by atoms with Gasteiger partial charge in [-0.05, 0) is 72.0 Å². The fourth-order valence-corrected chi connectivity index (χ4v) is 6.35. The minimum absolute atomic E-state index is 0.0147. The molecular weight excluding hydrogens is 730 g/mol. The zero-order valence-corrected chi connectivity index (χ0v) is 31.9. The molecule has 16 nitrogen and oxygen atoms in total. The number of rotatable bonds is 20. The Morgan fingerprint density at radius 2 is 1.35 bits per heavy atom. The molecule has 18 heteroatoms. The smallest absolute Gasteiger partial charge is 0.244 e. The summed E-state index contributed by atoms with van der Waals surface area (Å²) in [4.78, 5) is 76.8. The number of carbonyl (C=O) groups is 5. The largest absolute Gasteiger partial charge is 0.370 e. The highest BCUT2D eigenvalue weighted by molar-refractivity contribution is 7.08. The van der Waals surface area contributed by atoms with Gasteiger partial charge in [-0.2, -0.15) is 11.3 Å². The van der Waals surface area contributed by atoms with Crippen molar-refractivity contribution in [2.75, 3.05) is 11.4 Å². The molecule has 0 unspecified atom stereocenters. The quantitative estimate of drug-likeness (QED) is 0.0461. The van der Waals surface area contributed by atoms with E-state index < -0.39 is 59.5 Å². The average molecular weight is 780 g/mol. The maximum Gasteiger partial charge on any atom is 0.244 e. The van der Waals surface area contributed by atoms with E-state index in [0.29, 0.717) is 28.9 Å². The molecule has 0 aliphatic heterocycles. The Hall–Kier alpha value is -6.04. The number of hydrogen-bond donors (Lipinski definition) is 8. The molecule has 4 atom stereocenters. The van der Waals surface area contributed by atoms with E-state index in [4.69, 9.17) is 28.7 Å². The van der Waals surface area contributed by atoms with Crippen LogP contribution in [-0.4, -0.2) is 72.2 Å². The molecule has 0 aliphatic carbocycles. The summed E-state index contributed by atoms with van der Waals surface area (Å²) in [6.07, 6.45) is 0.589. The standard InChI is InChI=1S/C37H50FN11O5S/c1-21(2)17-29(33(52)46-28(32(39)51)5-4-15-44-36(40)41)47-34(53)30(18-23-8-12-26(13-9-23)45-37(42)43)48-35(54)31(19-24-6-10-25(38)11-7-24)49(22(3)50)27-14-16-55-20-27/h6-14,16,20-21,28-31H,4-5,15,17-19H2,1-3H3,(H2,39,51)(H,46,52)(H,47,53)(H,48,54)(H4,40,41,44)(H4,42,43,45)/t28-,29-,30-,31-/m0/s1. The average Bonchev–Trinajstić information content (AvgIpc) is 3.64. The molecule has 0 fully saturated rings. The fraction of sp³-hybridized carbons (Fsp3) is 0.378. The zero-order chi connectivity index (χ0) is 40.7. The van der Waals surface area contributed by atoms with Crippen LogP contribution < -0.4 is 49.5 Å². The molecule has 3 aromatic rings. The second kappa shape index (κ2) is 21.0. The van der Waals surface area contributed by atoms with Crippen molar-refractivity contribution in [2.45, 2.75) is 77.0 Å². The van der Waals surface area contributed by atoms with E-state index >= 15 is 0 Å². The normalized spacial score (nSPS) is 13.0. The van der Waals surface area contributed by atoms with Crippen LogP contribution in [0, 0.1) is 11.7 Å². The van der Waals surface area contributed by atoms with Gasteiger partial charge in [0.1, 0.15) is 30.0 Å². The van der Waals surface area contributed by atoms with Gasteiger partial charge in [0.2, 0.25) is 29.5 Å². The van der Waals surface area contributed by atoms with Gasteiger partial charge < -0.3 is 44.6 Å². The molecule has 0 saturated heterocycles. The molecule has 0 radical (unpaired) electrons. The first-order chi connectivity index (χ1) is 26.0. The molecule has 3 rings (SSSR count). The number of nitrogens with two attached hydrogens (primary N) is 5. The number of nitrogens with zero attached hydrogens (tertiary/aromatic N) is 3. The number of benzene rings is 2. The summed E-state index contributed by atoms with van der Waals surface area (Å²) in [5.41, 5.74) is 29.4. The van der Waals surface area contributed by atoms with Gasteiger partial charge in [0.15, 0.2) is 11.9 Å². The first-order valence-electron chi connectivity index (χ1n) is 17.5. The summed E-state index contributed by atoms with van der Waals surface area (Å²) >= 11 is 1.33. The van der Waals surface area contributed by atoms with Crippen LogP contribution in [0.1, 0.15) is 51.2 Å². The molecule has 0 saturated carbocycles. The molecule has 0 spiro atoms. The second-order valence-electron chi connectivity index (χ2n) is 13.3. The maximum absolute atomic E-state index is 14.4. The van der Waals surface area contributed by atoms with Gasteiger partial charge in [-0.1, -0.05) is 38.1 Å². The number of amides is 5. The van der Waals surface area contributed by atoms with E-state index in [9.17, 15) is 28.4 Å². The zero-order valence-electron chi connectivity index (χ0n) is 31.0.